The van der Waals surface area contributed by atoms with E-state index in [4.69, 9.17) is 0 Å². The molecule has 1 amide bonds. The molecule has 0 fully saturated rings. The van der Waals surface area contributed by atoms with Crippen LogP contribution in [0.2, 0.25) is 0 Å². The number of hydrogen-bond donors (Lipinski definition) is 1. The van der Waals surface area contributed by atoms with Crippen molar-refractivity contribution in [3.63, 3.8) is 0 Å². The van der Waals surface area contributed by atoms with Crippen LogP contribution in [-0.2, 0) is 21.1 Å². The highest BCUT2D eigenvalue weighted by atomic mass is 32.2. The maximum atomic E-state index is 12.1. The van der Waals surface area contributed by atoms with Crippen LogP contribution < -0.4 is 5.32 Å². The Bertz CT molecular complexity index is 768. The summed E-state index contributed by atoms with van der Waals surface area (Å²) < 4.78 is 22.8. The molecule has 0 saturated carbocycles. The Morgan fingerprint density at radius 3 is 2.32 bits per heavy atom. The van der Waals surface area contributed by atoms with Crippen LogP contribution >= 0.6 is 11.8 Å². The van der Waals surface area contributed by atoms with Gasteiger partial charge in [-0.15, -0.1) is 11.8 Å². The average Bonchev–Trinajstić information content (AvgIpc) is 2.47. The molecule has 0 heterocycles. The molecular formula is C16H17NO3S2. The Morgan fingerprint density at radius 1 is 1.09 bits per heavy atom. The van der Waals surface area contributed by atoms with Crippen LogP contribution in [0.1, 0.15) is 5.56 Å². The molecule has 0 radical (unpaired) electrons. The molecule has 2 aromatic rings. The molecule has 0 aromatic heterocycles. The van der Waals surface area contributed by atoms with Crippen LogP contribution in [0.3, 0.4) is 0 Å². The summed E-state index contributed by atoms with van der Waals surface area (Å²) >= 11 is 1.57. The second kappa shape index (κ2) is 6.98. The van der Waals surface area contributed by atoms with Crippen molar-refractivity contribution in [1.82, 2.24) is 0 Å². The van der Waals surface area contributed by atoms with Crippen molar-refractivity contribution in [2.45, 2.75) is 16.2 Å². The van der Waals surface area contributed by atoms with Gasteiger partial charge in [0.05, 0.1) is 17.0 Å². The van der Waals surface area contributed by atoms with E-state index in [-0.39, 0.29) is 17.2 Å². The van der Waals surface area contributed by atoms with E-state index in [1.54, 1.807) is 23.9 Å². The van der Waals surface area contributed by atoms with Gasteiger partial charge in [0.25, 0.3) is 0 Å². The summed E-state index contributed by atoms with van der Waals surface area (Å²) in [5, 5.41) is 2.88. The van der Waals surface area contributed by atoms with Gasteiger partial charge in [-0.2, -0.15) is 0 Å². The van der Waals surface area contributed by atoms with Crippen LogP contribution in [0.15, 0.2) is 58.3 Å². The zero-order valence-electron chi connectivity index (χ0n) is 12.4. The number of nitrogens with one attached hydrogen (secondary N) is 1. The number of rotatable bonds is 5. The number of thioether (sulfide) groups is 1. The van der Waals surface area contributed by atoms with Crippen molar-refractivity contribution in [3.8, 4) is 0 Å². The van der Waals surface area contributed by atoms with E-state index >= 15 is 0 Å². The molecular weight excluding hydrogens is 318 g/mol. The Hall–Kier alpha value is -1.79. The smallest absolute Gasteiger partial charge is 0.228 e. The van der Waals surface area contributed by atoms with Gasteiger partial charge in [-0.1, -0.05) is 24.3 Å². The molecule has 0 aliphatic rings. The van der Waals surface area contributed by atoms with Gasteiger partial charge in [0.15, 0.2) is 9.84 Å². The van der Waals surface area contributed by atoms with Crippen LogP contribution in [0, 0.1) is 0 Å². The number of carbonyl (C=O) groups is 1. The van der Waals surface area contributed by atoms with Gasteiger partial charge < -0.3 is 5.32 Å². The number of anilines is 1. The highest BCUT2D eigenvalue weighted by Gasteiger charge is 2.09. The molecule has 0 unspecified atom stereocenters. The van der Waals surface area contributed by atoms with E-state index in [1.165, 1.54) is 12.1 Å². The molecule has 116 valence electrons. The Labute approximate surface area is 134 Å². The average molecular weight is 335 g/mol. The first-order chi connectivity index (χ1) is 10.4. The molecule has 0 atom stereocenters. The van der Waals surface area contributed by atoms with Crippen molar-refractivity contribution in [1.29, 1.82) is 0 Å². The van der Waals surface area contributed by atoms with E-state index in [2.05, 4.69) is 5.32 Å². The maximum absolute atomic E-state index is 12.1. The monoisotopic (exact) mass is 335 g/mol. The van der Waals surface area contributed by atoms with E-state index in [1.807, 2.05) is 30.5 Å². The zero-order chi connectivity index (χ0) is 16.2. The fourth-order valence-corrected chi connectivity index (χ4v) is 3.17. The van der Waals surface area contributed by atoms with Crippen molar-refractivity contribution < 1.29 is 13.2 Å². The SMILES string of the molecule is CSc1ccccc1NC(=O)Cc1ccc(S(C)(=O)=O)cc1. The normalized spacial score (nSPS) is 11.2. The molecule has 0 bridgehead atoms. The number of benzene rings is 2. The van der Waals surface area contributed by atoms with Gasteiger partial charge in [-0.05, 0) is 36.1 Å². The summed E-state index contributed by atoms with van der Waals surface area (Å²) in [6.45, 7) is 0. The highest BCUT2D eigenvalue weighted by Crippen LogP contribution is 2.24. The second-order valence-corrected chi connectivity index (χ2v) is 7.71. The van der Waals surface area contributed by atoms with E-state index in [0.717, 1.165) is 22.4 Å². The number of para-hydroxylation sites is 1. The lowest BCUT2D eigenvalue weighted by Gasteiger charge is -2.09. The van der Waals surface area contributed by atoms with Gasteiger partial charge in [-0.3, -0.25) is 4.79 Å². The lowest BCUT2D eigenvalue weighted by molar-refractivity contribution is -0.115. The van der Waals surface area contributed by atoms with Crippen LogP contribution in [0.25, 0.3) is 0 Å². The summed E-state index contributed by atoms with van der Waals surface area (Å²) in [4.78, 5) is 13.4. The third kappa shape index (κ3) is 4.35. The molecule has 0 saturated heterocycles. The molecule has 0 aliphatic heterocycles. The van der Waals surface area contributed by atoms with E-state index in [9.17, 15) is 13.2 Å². The number of sulfone groups is 1. The van der Waals surface area contributed by atoms with Crippen LogP contribution in [-0.4, -0.2) is 26.8 Å². The maximum Gasteiger partial charge on any atom is 0.228 e. The minimum Gasteiger partial charge on any atom is -0.325 e. The first kappa shape index (κ1) is 16.6. The molecule has 22 heavy (non-hydrogen) atoms. The van der Waals surface area contributed by atoms with E-state index < -0.39 is 9.84 Å². The fraction of sp³-hybridized carbons (Fsp3) is 0.188. The molecule has 1 N–H and O–H groups in total. The van der Waals surface area contributed by atoms with Gasteiger partial charge >= 0.3 is 0 Å². The Balaban J connectivity index is 2.06. The molecule has 2 aromatic carbocycles. The van der Waals surface area contributed by atoms with Gasteiger partial charge in [0.2, 0.25) is 5.91 Å². The van der Waals surface area contributed by atoms with Gasteiger partial charge in [-0.25, -0.2) is 8.42 Å². The van der Waals surface area contributed by atoms with Crippen LogP contribution in [0.5, 0.6) is 0 Å². The minimum absolute atomic E-state index is 0.131. The second-order valence-electron chi connectivity index (χ2n) is 4.84. The summed E-state index contributed by atoms with van der Waals surface area (Å²) in [5.74, 6) is -0.131. The van der Waals surface area contributed by atoms with Gasteiger partial charge in [0, 0.05) is 11.2 Å². The zero-order valence-corrected chi connectivity index (χ0v) is 14.0. The van der Waals surface area contributed by atoms with Crippen molar-refractivity contribution >= 4 is 33.2 Å². The molecule has 0 aliphatic carbocycles. The third-order valence-electron chi connectivity index (χ3n) is 3.10. The molecule has 4 nitrogen and oxygen atoms in total. The third-order valence-corrected chi connectivity index (χ3v) is 5.02. The van der Waals surface area contributed by atoms with E-state index in [0.29, 0.717) is 0 Å². The number of hydrogen-bond acceptors (Lipinski definition) is 4. The standard InChI is InChI=1S/C16H17NO3S2/c1-21-15-6-4-3-5-14(15)17-16(18)11-12-7-9-13(10-8-12)22(2,19)20/h3-10H,11H2,1-2H3,(H,17,18). The number of amides is 1. The largest absolute Gasteiger partial charge is 0.325 e. The lowest BCUT2D eigenvalue weighted by atomic mass is 10.1. The number of carbonyl (C=O) groups excluding carboxylic acids is 1. The predicted molar refractivity (Wildman–Crippen MR) is 90.1 cm³/mol. The van der Waals surface area contributed by atoms with Gasteiger partial charge in [0.1, 0.15) is 0 Å². The molecule has 6 heteroatoms. The fourth-order valence-electron chi connectivity index (χ4n) is 1.98. The van der Waals surface area contributed by atoms with Crippen molar-refractivity contribution in [2.24, 2.45) is 0 Å². The quantitative estimate of drug-likeness (QED) is 0.853. The Kier molecular flexibility index (Phi) is 5.26. The minimum atomic E-state index is -3.21. The topological polar surface area (TPSA) is 63.2 Å². The Morgan fingerprint density at radius 2 is 1.73 bits per heavy atom. The first-order valence-corrected chi connectivity index (χ1v) is 9.73. The van der Waals surface area contributed by atoms with Crippen LogP contribution in [0.4, 0.5) is 5.69 Å². The summed E-state index contributed by atoms with van der Waals surface area (Å²) in [7, 11) is -3.21. The summed E-state index contributed by atoms with van der Waals surface area (Å²) in [5.41, 5.74) is 1.55. The highest BCUT2D eigenvalue weighted by molar-refractivity contribution is 7.98. The predicted octanol–water partition coefficient (Wildman–Crippen LogP) is 2.99. The first-order valence-electron chi connectivity index (χ1n) is 6.62. The molecule has 2 rings (SSSR count). The summed E-state index contributed by atoms with van der Waals surface area (Å²) in [6, 6.07) is 14.0. The van der Waals surface area contributed by atoms with Crippen molar-refractivity contribution in [3.05, 3.63) is 54.1 Å². The lowest BCUT2D eigenvalue weighted by Crippen LogP contribution is -2.15. The molecule has 0 spiro atoms. The summed E-state index contributed by atoms with van der Waals surface area (Å²) in [6.07, 6.45) is 3.32. The van der Waals surface area contributed by atoms with Crippen molar-refractivity contribution in [2.75, 3.05) is 17.8 Å².